The SMILES string of the molecule is CCc1ccc(C(C)NC(=O)NC(CC)CO)cc1. The van der Waals surface area contributed by atoms with Crippen LogP contribution in [0.25, 0.3) is 0 Å². The maximum Gasteiger partial charge on any atom is 0.315 e. The molecule has 0 heterocycles. The first-order valence-corrected chi connectivity index (χ1v) is 6.87. The van der Waals surface area contributed by atoms with Crippen molar-refractivity contribution in [1.29, 1.82) is 0 Å². The van der Waals surface area contributed by atoms with Gasteiger partial charge in [-0.1, -0.05) is 38.1 Å². The van der Waals surface area contributed by atoms with Gasteiger partial charge in [0.15, 0.2) is 0 Å². The van der Waals surface area contributed by atoms with Crippen molar-refractivity contribution in [3.05, 3.63) is 35.4 Å². The lowest BCUT2D eigenvalue weighted by molar-refractivity contribution is 0.212. The minimum atomic E-state index is -0.243. The van der Waals surface area contributed by atoms with Crippen LogP contribution in [0.2, 0.25) is 0 Å². The van der Waals surface area contributed by atoms with E-state index in [-0.39, 0.29) is 24.7 Å². The maximum atomic E-state index is 11.7. The zero-order valence-corrected chi connectivity index (χ0v) is 11.9. The first kappa shape index (κ1) is 15.5. The number of amides is 2. The number of nitrogens with one attached hydrogen (secondary N) is 2. The summed E-state index contributed by atoms with van der Waals surface area (Å²) >= 11 is 0. The molecule has 4 nitrogen and oxygen atoms in total. The maximum absolute atomic E-state index is 11.7. The van der Waals surface area contributed by atoms with E-state index < -0.39 is 0 Å². The smallest absolute Gasteiger partial charge is 0.315 e. The van der Waals surface area contributed by atoms with Gasteiger partial charge in [-0.3, -0.25) is 0 Å². The summed E-state index contributed by atoms with van der Waals surface area (Å²) in [5.74, 6) is 0. The Morgan fingerprint density at radius 2 is 1.84 bits per heavy atom. The summed E-state index contributed by atoms with van der Waals surface area (Å²) in [7, 11) is 0. The van der Waals surface area contributed by atoms with Gasteiger partial charge in [0, 0.05) is 0 Å². The summed E-state index contributed by atoms with van der Waals surface area (Å²) in [5, 5.41) is 14.7. The van der Waals surface area contributed by atoms with Gasteiger partial charge in [-0.2, -0.15) is 0 Å². The highest BCUT2D eigenvalue weighted by Gasteiger charge is 2.12. The van der Waals surface area contributed by atoms with Gasteiger partial charge in [0.2, 0.25) is 0 Å². The van der Waals surface area contributed by atoms with E-state index in [2.05, 4.69) is 29.7 Å². The molecule has 0 fully saturated rings. The van der Waals surface area contributed by atoms with Crippen LogP contribution in [-0.2, 0) is 6.42 Å². The van der Waals surface area contributed by atoms with E-state index in [4.69, 9.17) is 5.11 Å². The molecule has 2 amide bonds. The Balaban J connectivity index is 2.53. The van der Waals surface area contributed by atoms with Gasteiger partial charge in [0.25, 0.3) is 0 Å². The molecule has 1 aromatic rings. The summed E-state index contributed by atoms with van der Waals surface area (Å²) in [5.41, 5.74) is 2.36. The van der Waals surface area contributed by atoms with Crippen molar-refractivity contribution in [3.8, 4) is 0 Å². The molecule has 0 saturated heterocycles. The van der Waals surface area contributed by atoms with E-state index in [9.17, 15) is 4.79 Å². The number of urea groups is 1. The molecule has 0 aliphatic heterocycles. The van der Waals surface area contributed by atoms with Crippen molar-refractivity contribution in [2.24, 2.45) is 0 Å². The number of carbonyl (C=O) groups is 1. The molecule has 106 valence electrons. The van der Waals surface area contributed by atoms with Crippen LogP contribution in [0.5, 0.6) is 0 Å². The molecule has 19 heavy (non-hydrogen) atoms. The molecule has 0 radical (unpaired) electrons. The first-order valence-electron chi connectivity index (χ1n) is 6.87. The van der Waals surface area contributed by atoms with Gasteiger partial charge in [-0.15, -0.1) is 0 Å². The van der Waals surface area contributed by atoms with E-state index in [1.807, 2.05) is 26.0 Å². The predicted molar refractivity (Wildman–Crippen MR) is 77.1 cm³/mol. The number of hydrogen-bond acceptors (Lipinski definition) is 2. The Kier molecular flexibility index (Phi) is 6.36. The van der Waals surface area contributed by atoms with Crippen LogP contribution < -0.4 is 10.6 Å². The monoisotopic (exact) mass is 264 g/mol. The summed E-state index contributed by atoms with van der Waals surface area (Å²) < 4.78 is 0. The normalized spacial score (nSPS) is 13.7. The molecule has 0 aliphatic carbocycles. The van der Waals surface area contributed by atoms with Gasteiger partial charge in [0.05, 0.1) is 18.7 Å². The minimum Gasteiger partial charge on any atom is -0.394 e. The zero-order chi connectivity index (χ0) is 14.3. The third-order valence-electron chi connectivity index (χ3n) is 3.28. The highest BCUT2D eigenvalue weighted by molar-refractivity contribution is 5.74. The van der Waals surface area contributed by atoms with Crippen LogP contribution in [0.1, 0.15) is 44.4 Å². The lowest BCUT2D eigenvalue weighted by Crippen LogP contribution is -2.44. The average Bonchev–Trinajstić information content (AvgIpc) is 2.44. The van der Waals surface area contributed by atoms with E-state index in [0.29, 0.717) is 6.42 Å². The molecule has 2 unspecified atom stereocenters. The highest BCUT2D eigenvalue weighted by atomic mass is 16.3. The van der Waals surface area contributed by atoms with Crippen LogP contribution in [-0.4, -0.2) is 23.8 Å². The standard InChI is InChI=1S/C15H24N2O2/c1-4-12-6-8-13(9-7-12)11(3)16-15(19)17-14(5-2)10-18/h6-9,11,14,18H,4-5,10H2,1-3H3,(H2,16,17,19). The summed E-state index contributed by atoms with van der Waals surface area (Å²) in [4.78, 5) is 11.7. The summed E-state index contributed by atoms with van der Waals surface area (Å²) in [6.07, 6.45) is 1.72. The van der Waals surface area contributed by atoms with Gasteiger partial charge >= 0.3 is 6.03 Å². The third-order valence-corrected chi connectivity index (χ3v) is 3.28. The topological polar surface area (TPSA) is 61.4 Å². The van der Waals surface area contributed by atoms with Crippen molar-refractivity contribution >= 4 is 6.03 Å². The fourth-order valence-electron chi connectivity index (χ4n) is 1.83. The van der Waals surface area contributed by atoms with Crippen molar-refractivity contribution in [2.75, 3.05) is 6.61 Å². The molecule has 0 aromatic heterocycles. The fraction of sp³-hybridized carbons (Fsp3) is 0.533. The molecule has 0 aliphatic rings. The molecule has 0 saturated carbocycles. The second-order valence-electron chi connectivity index (χ2n) is 4.72. The molecule has 3 N–H and O–H groups in total. The molecular weight excluding hydrogens is 240 g/mol. The van der Waals surface area contributed by atoms with Crippen LogP contribution in [0.4, 0.5) is 4.79 Å². The summed E-state index contributed by atoms with van der Waals surface area (Å²) in [6.45, 7) is 5.95. The molecular formula is C15H24N2O2. The third kappa shape index (κ3) is 4.91. The molecule has 4 heteroatoms. The second-order valence-corrected chi connectivity index (χ2v) is 4.72. The van der Waals surface area contributed by atoms with Crippen LogP contribution >= 0.6 is 0 Å². The minimum absolute atomic E-state index is 0.0382. The van der Waals surface area contributed by atoms with Crippen molar-refractivity contribution in [1.82, 2.24) is 10.6 Å². The molecule has 1 rings (SSSR count). The zero-order valence-electron chi connectivity index (χ0n) is 11.9. The van der Waals surface area contributed by atoms with Crippen molar-refractivity contribution < 1.29 is 9.90 Å². The number of benzene rings is 1. The highest BCUT2D eigenvalue weighted by Crippen LogP contribution is 2.13. The Bertz CT molecular complexity index is 386. The molecule has 1 aromatic carbocycles. The van der Waals surface area contributed by atoms with Crippen molar-refractivity contribution in [2.45, 2.75) is 45.7 Å². The Labute approximate surface area is 115 Å². The van der Waals surface area contributed by atoms with E-state index in [1.165, 1.54) is 5.56 Å². The number of aryl methyl sites for hydroxylation is 1. The van der Waals surface area contributed by atoms with Gasteiger partial charge in [-0.05, 0) is 30.9 Å². The lowest BCUT2D eigenvalue weighted by Gasteiger charge is -2.19. The van der Waals surface area contributed by atoms with Gasteiger partial charge in [-0.25, -0.2) is 4.79 Å². The quantitative estimate of drug-likeness (QED) is 0.738. The fourth-order valence-corrected chi connectivity index (χ4v) is 1.83. The van der Waals surface area contributed by atoms with Crippen LogP contribution in [0, 0.1) is 0 Å². The van der Waals surface area contributed by atoms with Crippen LogP contribution in [0.3, 0.4) is 0 Å². The Hall–Kier alpha value is -1.55. The Morgan fingerprint density at radius 3 is 2.32 bits per heavy atom. The van der Waals surface area contributed by atoms with Crippen LogP contribution in [0.15, 0.2) is 24.3 Å². The number of hydrogen-bond donors (Lipinski definition) is 3. The largest absolute Gasteiger partial charge is 0.394 e. The average molecular weight is 264 g/mol. The van der Waals surface area contributed by atoms with E-state index in [1.54, 1.807) is 0 Å². The molecule has 2 atom stereocenters. The second kappa shape index (κ2) is 7.79. The first-order chi connectivity index (χ1) is 9.10. The number of carbonyl (C=O) groups excluding carboxylic acids is 1. The lowest BCUT2D eigenvalue weighted by atomic mass is 10.1. The van der Waals surface area contributed by atoms with Crippen molar-refractivity contribution in [3.63, 3.8) is 0 Å². The van der Waals surface area contributed by atoms with Gasteiger partial charge < -0.3 is 15.7 Å². The van der Waals surface area contributed by atoms with Gasteiger partial charge in [0.1, 0.15) is 0 Å². The predicted octanol–water partition coefficient (Wildman–Crippen LogP) is 2.38. The molecule has 0 bridgehead atoms. The summed E-state index contributed by atoms with van der Waals surface area (Å²) in [6, 6.07) is 7.74. The Morgan fingerprint density at radius 1 is 1.21 bits per heavy atom. The number of aliphatic hydroxyl groups is 1. The van der Waals surface area contributed by atoms with E-state index >= 15 is 0 Å². The van der Waals surface area contributed by atoms with E-state index in [0.717, 1.165) is 12.0 Å². The number of rotatable bonds is 6. The number of aliphatic hydroxyl groups excluding tert-OH is 1. The molecule has 0 spiro atoms.